The van der Waals surface area contributed by atoms with E-state index in [1.54, 1.807) is 12.3 Å². The van der Waals surface area contributed by atoms with E-state index in [2.05, 4.69) is 4.99 Å². The van der Waals surface area contributed by atoms with Crippen molar-refractivity contribution in [2.75, 3.05) is 6.54 Å². The number of carbonyl (C=O) groups excluding carboxylic acids is 3. The van der Waals surface area contributed by atoms with Crippen LogP contribution in [0.2, 0.25) is 0 Å². The summed E-state index contributed by atoms with van der Waals surface area (Å²) in [7, 11) is 0. The molecule has 1 aliphatic carbocycles. The summed E-state index contributed by atoms with van der Waals surface area (Å²) in [6.45, 7) is 4.35. The van der Waals surface area contributed by atoms with Crippen molar-refractivity contribution >= 4 is 23.8 Å². The van der Waals surface area contributed by atoms with Crippen molar-refractivity contribution in [3.05, 3.63) is 63.2 Å². The average molecular weight is 554 g/mol. The van der Waals surface area contributed by atoms with Crippen LogP contribution in [0.5, 0.6) is 17.2 Å². The Morgan fingerprint density at radius 2 is 1.82 bits per heavy atom. The average Bonchev–Trinajstić information content (AvgIpc) is 3.41. The van der Waals surface area contributed by atoms with Crippen molar-refractivity contribution in [3.8, 4) is 17.2 Å². The minimum atomic E-state index is -2.99. The minimum absolute atomic E-state index is 0.00329. The summed E-state index contributed by atoms with van der Waals surface area (Å²) in [5, 5.41) is 52.5. The normalized spacial score (nSPS) is 24.8. The van der Waals surface area contributed by atoms with Crippen molar-refractivity contribution < 1.29 is 54.1 Å². The zero-order chi connectivity index (χ0) is 29.1. The molecule has 40 heavy (non-hydrogen) atoms. The number of allylic oxidation sites excluding steroid dienone is 1. The number of carbonyl (C=O) groups is 3. The van der Waals surface area contributed by atoms with Gasteiger partial charge < -0.3 is 39.7 Å². The van der Waals surface area contributed by atoms with Gasteiger partial charge in [0.25, 0.3) is 0 Å². The number of nitrogens with zero attached hydrogens (tertiary/aromatic N) is 1. The van der Waals surface area contributed by atoms with E-state index >= 15 is 0 Å². The number of fused-ring (bicyclic) bond motifs is 2. The maximum absolute atomic E-state index is 14.0. The summed E-state index contributed by atoms with van der Waals surface area (Å²) < 4.78 is 16.5. The number of aliphatic imine (C=N–C) groups is 1. The van der Waals surface area contributed by atoms with E-state index in [0.717, 1.165) is 0 Å². The second kappa shape index (κ2) is 9.91. The molecule has 0 amide bonds. The Kier molecular flexibility index (Phi) is 6.84. The molecule has 4 atom stereocenters. The smallest absolute Gasteiger partial charge is 0.308 e. The summed E-state index contributed by atoms with van der Waals surface area (Å²) in [6, 6.07) is 3.97. The molecule has 5 N–H and O–H groups in total. The Morgan fingerprint density at radius 3 is 2.48 bits per heavy atom. The first-order valence-electron chi connectivity index (χ1n) is 12.4. The van der Waals surface area contributed by atoms with E-state index in [9.17, 15) is 39.9 Å². The number of ketones is 2. The summed E-state index contributed by atoms with van der Waals surface area (Å²) in [5.74, 6) is -5.56. The number of rotatable bonds is 5. The lowest BCUT2D eigenvalue weighted by molar-refractivity contribution is -0.371. The van der Waals surface area contributed by atoms with Crippen LogP contribution >= 0.6 is 0 Å². The van der Waals surface area contributed by atoms with E-state index < -0.39 is 53.7 Å². The van der Waals surface area contributed by atoms with Gasteiger partial charge >= 0.3 is 5.97 Å². The van der Waals surface area contributed by atoms with Crippen LogP contribution in [-0.2, 0) is 16.0 Å². The van der Waals surface area contributed by atoms with Gasteiger partial charge in [-0.3, -0.25) is 19.4 Å². The molecular formula is C28H27NO11. The largest absolute Gasteiger partial charge is 0.507 e. The first-order valence-corrected chi connectivity index (χ1v) is 12.4. The molecule has 0 saturated carbocycles. The summed E-state index contributed by atoms with van der Waals surface area (Å²) in [5.41, 5.74) is 0.378. The van der Waals surface area contributed by atoms with Crippen LogP contribution < -0.4 is 9.47 Å². The van der Waals surface area contributed by atoms with Crippen LogP contribution in [0.4, 0.5) is 0 Å². The van der Waals surface area contributed by atoms with Gasteiger partial charge in [-0.15, -0.1) is 0 Å². The molecule has 2 aromatic carbocycles. The zero-order valence-electron chi connectivity index (χ0n) is 21.7. The molecule has 0 radical (unpaired) electrons. The number of benzene rings is 2. The van der Waals surface area contributed by atoms with E-state index in [1.807, 2.05) is 0 Å². The summed E-state index contributed by atoms with van der Waals surface area (Å²) in [4.78, 5) is 43.2. The third-order valence-electron chi connectivity index (χ3n) is 7.21. The highest BCUT2D eigenvalue weighted by atomic mass is 16.7. The molecule has 0 aromatic heterocycles. The number of hydrogen-bond donors (Lipinski definition) is 5. The molecule has 2 heterocycles. The monoisotopic (exact) mass is 553 g/mol. The highest BCUT2D eigenvalue weighted by molar-refractivity contribution is 6.30. The third-order valence-corrected chi connectivity index (χ3v) is 7.21. The van der Waals surface area contributed by atoms with Crippen LogP contribution in [0, 0.1) is 6.92 Å². The highest BCUT2D eigenvalue weighted by Crippen LogP contribution is 2.45. The second-order valence-electron chi connectivity index (χ2n) is 9.94. The Balaban J connectivity index is 1.69. The third kappa shape index (κ3) is 4.39. The molecule has 3 aliphatic rings. The van der Waals surface area contributed by atoms with Gasteiger partial charge in [-0.25, -0.2) is 0 Å². The maximum atomic E-state index is 14.0. The topological polar surface area (TPSA) is 192 Å². The fourth-order valence-electron chi connectivity index (χ4n) is 5.12. The lowest BCUT2D eigenvalue weighted by atomic mass is 9.78. The molecule has 12 nitrogen and oxygen atoms in total. The molecule has 2 aromatic rings. The number of aromatic hydroxyl groups is 1. The molecule has 1 fully saturated rings. The molecule has 210 valence electrons. The van der Waals surface area contributed by atoms with E-state index in [4.69, 9.17) is 14.2 Å². The van der Waals surface area contributed by atoms with Crippen LogP contribution in [-0.4, -0.2) is 86.2 Å². The van der Waals surface area contributed by atoms with Gasteiger partial charge in [0.1, 0.15) is 23.4 Å². The molecule has 0 unspecified atom stereocenters. The fourth-order valence-corrected chi connectivity index (χ4v) is 5.12. The van der Waals surface area contributed by atoms with Gasteiger partial charge in [-0.05, 0) is 37.6 Å². The summed E-state index contributed by atoms with van der Waals surface area (Å²) in [6.07, 6.45) is -3.55. The first-order chi connectivity index (χ1) is 18.8. The van der Waals surface area contributed by atoms with E-state index in [-0.39, 0.29) is 51.3 Å². The number of ether oxygens (including phenoxy) is 3. The van der Waals surface area contributed by atoms with E-state index in [0.29, 0.717) is 12.1 Å². The number of aliphatic hydroxyl groups is 4. The zero-order valence-corrected chi connectivity index (χ0v) is 21.7. The number of hydrogen-bond acceptors (Lipinski definition) is 12. The lowest BCUT2D eigenvalue weighted by Crippen LogP contribution is -2.67. The van der Waals surface area contributed by atoms with Gasteiger partial charge in [-0.1, -0.05) is 6.08 Å². The van der Waals surface area contributed by atoms with Crippen molar-refractivity contribution in [2.24, 2.45) is 4.99 Å². The Labute approximate surface area is 227 Å². The standard InChI is InChI=1S/C28H27NO11/c1-11-21(31)20-19(23(33)17-9-15(39-13(3)30)4-5-16(17)22(20)32)18(8-14-6-7-29-10-14)24(11)40-27-26(35)28(36,37)25(34)12(2)38-27/h4-6,9-10,12,25-27,31,34-37H,7-8H2,1-3H3/t12-,25+,26-,27-/m0/s1. The van der Waals surface area contributed by atoms with Crippen LogP contribution in [0.25, 0.3) is 0 Å². The molecule has 0 bridgehead atoms. The molecule has 5 rings (SSSR count). The van der Waals surface area contributed by atoms with Crippen LogP contribution in [0.1, 0.15) is 56.8 Å². The number of phenolic OH excluding ortho intramolecular Hbond substituents is 1. The predicted octanol–water partition coefficient (Wildman–Crippen LogP) is 0.481. The SMILES string of the molecule is CC(=O)Oc1ccc2c(c1)C(=O)c1c(CC3=CCN=C3)c(O[C@@H]3O[C@@H](C)[C@@H](O)C(O)(O)[C@H]3O)c(C)c(O)c1C2=O. The van der Waals surface area contributed by atoms with Crippen molar-refractivity contribution in [2.45, 2.75) is 57.6 Å². The fraction of sp³-hybridized carbons (Fsp3) is 0.357. The number of aliphatic hydroxyl groups excluding tert-OH is 2. The lowest BCUT2D eigenvalue weighted by Gasteiger charge is -2.44. The Morgan fingerprint density at radius 1 is 1.12 bits per heavy atom. The Bertz CT molecular complexity index is 1510. The van der Waals surface area contributed by atoms with Crippen LogP contribution in [0.3, 0.4) is 0 Å². The number of phenols is 1. The molecule has 0 spiro atoms. The van der Waals surface area contributed by atoms with Gasteiger partial charge in [-0.2, -0.15) is 0 Å². The van der Waals surface area contributed by atoms with Gasteiger partial charge in [0.2, 0.25) is 12.1 Å². The molecule has 2 aliphatic heterocycles. The molecule has 12 heteroatoms. The van der Waals surface area contributed by atoms with Crippen LogP contribution in [0.15, 0.2) is 34.8 Å². The maximum Gasteiger partial charge on any atom is 0.308 e. The predicted molar refractivity (Wildman–Crippen MR) is 137 cm³/mol. The molecular weight excluding hydrogens is 526 g/mol. The van der Waals surface area contributed by atoms with Crippen molar-refractivity contribution in [1.82, 2.24) is 0 Å². The molecule has 1 saturated heterocycles. The number of esters is 1. The first kappa shape index (κ1) is 27.6. The Hall–Kier alpha value is -3.94. The highest BCUT2D eigenvalue weighted by Gasteiger charge is 2.54. The minimum Gasteiger partial charge on any atom is -0.507 e. The summed E-state index contributed by atoms with van der Waals surface area (Å²) >= 11 is 0. The van der Waals surface area contributed by atoms with Crippen molar-refractivity contribution in [1.29, 1.82) is 0 Å². The van der Waals surface area contributed by atoms with Gasteiger partial charge in [0.15, 0.2) is 17.7 Å². The second-order valence-corrected chi connectivity index (χ2v) is 9.94. The quantitative estimate of drug-likeness (QED) is 0.168. The van der Waals surface area contributed by atoms with Gasteiger partial charge in [0.05, 0.1) is 18.2 Å². The van der Waals surface area contributed by atoms with Crippen molar-refractivity contribution in [3.63, 3.8) is 0 Å². The van der Waals surface area contributed by atoms with E-state index in [1.165, 1.54) is 39.0 Å². The van der Waals surface area contributed by atoms with Gasteiger partial charge in [0, 0.05) is 47.4 Å².